The van der Waals surface area contributed by atoms with Gasteiger partial charge in [0.2, 0.25) is 0 Å². The number of carboxylic acid groups (broad SMARTS) is 1. The molecule has 3 nitrogen and oxygen atoms in total. The topological polar surface area (TPSA) is 50.2 Å². The van der Waals surface area contributed by atoms with Gasteiger partial charge < -0.3 is 5.11 Å². The number of aryl methyl sites for hydroxylation is 1. The summed E-state index contributed by atoms with van der Waals surface area (Å²) in [7, 11) is 0. The fourth-order valence-corrected chi connectivity index (χ4v) is 2.86. The Morgan fingerprint density at radius 1 is 1.35 bits per heavy atom. The number of fused-ring (bicyclic) bond motifs is 1. The molecule has 1 heterocycles. The molecule has 0 radical (unpaired) electrons. The quantitative estimate of drug-likeness (QED) is 0.910. The molecule has 1 aliphatic carbocycles. The molecule has 0 saturated heterocycles. The highest BCUT2D eigenvalue weighted by Crippen LogP contribution is 2.36. The lowest BCUT2D eigenvalue weighted by Gasteiger charge is -2.25. The lowest BCUT2D eigenvalue weighted by atomic mass is 9.81. The molecule has 0 amide bonds. The van der Waals surface area contributed by atoms with Crippen molar-refractivity contribution in [3.63, 3.8) is 0 Å². The first kappa shape index (κ1) is 12.8. The molecule has 4 heteroatoms. The van der Waals surface area contributed by atoms with Gasteiger partial charge in [0.25, 0.3) is 0 Å². The van der Waals surface area contributed by atoms with E-state index in [0.717, 1.165) is 30.5 Å². The molecular weight excluding hydrogens is 257 g/mol. The standard InChI is InChI=1S/C16H14FNO2/c17-14-7-6-11(16(19)20)9-13(14)12-5-1-3-10-4-2-8-18-15(10)12/h2,4,6-9,12H,1,3,5H2,(H,19,20). The summed E-state index contributed by atoms with van der Waals surface area (Å²) in [6, 6.07) is 7.85. The first-order valence-corrected chi connectivity index (χ1v) is 6.63. The van der Waals surface area contributed by atoms with Gasteiger partial charge in [0.15, 0.2) is 0 Å². The highest BCUT2D eigenvalue weighted by Gasteiger charge is 2.26. The molecular formula is C16H14FNO2. The highest BCUT2D eigenvalue weighted by molar-refractivity contribution is 5.87. The molecule has 0 fully saturated rings. The average Bonchev–Trinajstić information content (AvgIpc) is 2.47. The molecule has 1 N–H and O–H groups in total. The summed E-state index contributed by atoms with van der Waals surface area (Å²) < 4.78 is 14.1. The largest absolute Gasteiger partial charge is 0.478 e. The molecule has 1 unspecified atom stereocenters. The van der Waals surface area contributed by atoms with E-state index in [1.165, 1.54) is 18.2 Å². The van der Waals surface area contributed by atoms with E-state index in [2.05, 4.69) is 4.98 Å². The highest BCUT2D eigenvalue weighted by atomic mass is 19.1. The van der Waals surface area contributed by atoms with Crippen LogP contribution in [0.15, 0.2) is 36.5 Å². The number of carbonyl (C=O) groups is 1. The lowest BCUT2D eigenvalue weighted by molar-refractivity contribution is 0.0696. The Bertz CT molecular complexity index is 669. The molecule has 1 aliphatic rings. The number of aromatic carboxylic acids is 1. The zero-order valence-electron chi connectivity index (χ0n) is 10.8. The van der Waals surface area contributed by atoms with Gasteiger partial charge in [-0.2, -0.15) is 0 Å². The SMILES string of the molecule is O=C(O)c1ccc(F)c(C2CCCc3cccnc32)c1. The smallest absolute Gasteiger partial charge is 0.335 e. The lowest BCUT2D eigenvalue weighted by Crippen LogP contribution is -2.15. The number of aromatic nitrogens is 1. The van der Waals surface area contributed by atoms with E-state index in [1.54, 1.807) is 6.20 Å². The predicted octanol–water partition coefficient (Wildman–Crippen LogP) is 3.39. The zero-order valence-corrected chi connectivity index (χ0v) is 10.8. The second-order valence-corrected chi connectivity index (χ2v) is 5.03. The maximum atomic E-state index is 14.1. The van der Waals surface area contributed by atoms with Crippen LogP contribution in [0.4, 0.5) is 4.39 Å². The van der Waals surface area contributed by atoms with E-state index in [1.807, 2.05) is 12.1 Å². The number of rotatable bonds is 2. The van der Waals surface area contributed by atoms with Crippen molar-refractivity contribution < 1.29 is 14.3 Å². The van der Waals surface area contributed by atoms with Crippen molar-refractivity contribution in [2.45, 2.75) is 25.2 Å². The van der Waals surface area contributed by atoms with Crippen molar-refractivity contribution in [3.05, 3.63) is 64.7 Å². The van der Waals surface area contributed by atoms with Crippen LogP contribution in [0.2, 0.25) is 0 Å². The van der Waals surface area contributed by atoms with Gasteiger partial charge in [-0.05, 0) is 54.7 Å². The van der Waals surface area contributed by atoms with Crippen LogP contribution in [0.1, 0.15) is 45.9 Å². The summed E-state index contributed by atoms with van der Waals surface area (Å²) >= 11 is 0. The van der Waals surface area contributed by atoms with Crippen molar-refractivity contribution in [2.24, 2.45) is 0 Å². The summed E-state index contributed by atoms with van der Waals surface area (Å²) in [5.41, 5.74) is 2.55. The normalized spacial score (nSPS) is 17.6. The van der Waals surface area contributed by atoms with Gasteiger partial charge in [-0.3, -0.25) is 4.98 Å². The first-order valence-electron chi connectivity index (χ1n) is 6.63. The van der Waals surface area contributed by atoms with Gasteiger partial charge in [-0.1, -0.05) is 6.07 Å². The van der Waals surface area contributed by atoms with E-state index < -0.39 is 5.97 Å². The van der Waals surface area contributed by atoms with Crippen molar-refractivity contribution in [2.75, 3.05) is 0 Å². The number of halogens is 1. The van der Waals surface area contributed by atoms with E-state index in [-0.39, 0.29) is 17.3 Å². The van der Waals surface area contributed by atoms with Crippen molar-refractivity contribution in [1.82, 2.24) is 4.98 Å². The fraction of sp³-hybridized carbons (Fsp3) is 0.250. The maximum Gasteiger partial charge on any atom is 0.335 e. The number of hydrogen-bond acceptors (Lipinski definition) is 2. The third kappa shape index (κ3) is 2.18. The Hall–Kier alpha value is -2.23. The van der Waals surface area contributed by atoms with Crippen LogP contribution in [-0.2, 0) is 6.42 Å². The molecule has 0 aliphatic heterocycles. The molecule has 0 saturated carbocycles. The summed E-state index contributed by atoms with van der Waals surface area (Å²) in [6.07, 6.45) is 4.40. The van der Waals surface area contributed by atoms with E-state index in [4.69, 9.17) is 5.11 Å². The fourth-order valence-electron chi connectivity index (χ4n) is 2.86. The second-order valence-electron chi connectivity index (χ2n) is 5.03. The molecule has 1 aromatic heterocycles. The van der Waals surface area contributed by atoms with Crippen LogP contribution in [0.5, 0.6) is 0 Å². The second kappa shape index (κ2) is 5.04. The zero-order chi connectivity index (χ0) is 14.1. The maximum absolute atomic E-state index is 14.1. The number of pyridine rings is 1. The first-order chi connectivity index (χ1) is 9.66. The Labute approximate surface area is 116 Å². The minimum atomic E-state index is -1.04. The van der Waals surface area contributed by atoms with Crippen LogP contribution in [0.3, 0.4) is 0 Å². The molecule has 0 spiro atoms. The predicted molar refractivity (Wildman–Crippen MR) is 72.4 cm³/mol. The van der Waals surface area contributed by atoms with E-state index >= 15 is 0 Å². The van der Waals surface area contributed by atoms with Gasteiger partial charge in [-0.25, -0.2) is 9.18 Å². The van der Waals surface area contributed by atoms with Gasteiger partial charge in [-0.15, -0.1) is 0 Å². The molecule has 2 aromatic rings. The Morgan fingerprint density at radius 3 is 3.00 bits per heavy atom. The van der Waals surface area contributed by atoms with Crippen LogP contribution >= 0.6 is 0 Å². The Balaban J connectivity index is 2.10. The third-order valence-electron chi connectivity index (χ3n) is 3.81. The Kier molecular flexibility index (Phi) is 3.22. The van der Waals surface area contributed by atoms with Crippen LogP contribution in [-0.4, -0.2) is 16.1 Å². The minimum Gasteiger partial charge on any atom is -0.478 e. The molecule has 1 aromatic carbocycles. The number of benzene rings is 1. The average molecular weight is 271 g/mol. The monoisotopic (exact) mass is 271 g/mol. The summed E-state index contributed by atoms with van der Waals surface area (Å²) in [5, 5.41) is 9.06. The minimum absolute atomic E-state index is 0.115. The summed E-state index contributed by atoms with van der Waals surface area (Å²) in [4.78, 5) is 15.4. The van der Waals surface area contributed by atoms with Gasteiger partial charge >= 0.3 is 5.97 Å². The van der Waals surface area contributed by atoms with Crippen molar-refractivity contribution in [1.29, 1.82) is 0 Å². The summed E-state index contributed by atoms with van der Waals surface area (Å²) in [6.45, 7) is 0. The number of nitrogens with zero attached hydrogens (tertiary/aromatic N) is 1. The molecule has 0 bridgehead atoms. The Morgan fingerprint density at radius 2 is 2.20 bits per heavy atom. The van der Waals surface area contributed by atoms with Gasteiger partial charge in [0.1, 0.15) is 5.82 Å². The van der Waals surface area contributed by atoms with Crippen LogP contribution < -0.4 is 0 Å². The van der Waals surface area contributed by atoms with E-state index in [9.17, 15) is 9.18 Å². The summed E-state index contributed by atoms with van der Waals surface area (Å²) in [5.74, 6) is -1.55. The molecule has 102 valence electrons. The van der Waals surface area contributed by atoms with E-state index in [0.29, 0.717) is 5.56 Å². The molecule has 1 atom stereocenters. The van der Waals surface area contributed by atoms with Crippen molar-refractivity contribution >= 4 is 5.97 Å². The number of carboxylic acids is 1. The van der Waals surface area contributed by atoms with Gasteiger partial charge in [0.05, 0.1) is 11.3 Å². The molecule has 20 heavy (non-hydrogen) atoms. The van der Waals surface area contributed by atoms with Crippen LogP contribution in [0.25, 0.3) is 0 Å². The van der Waals surface area contributed by atoms with Crippen molar-refractivity contribution in [3.8, 4) is 0 Å². The van der Waals surface area contributed by atoms with Gasteiger partial charge in [0, 0.05) is 12.1 Å². The van der Waals surface area contributed by atoms with Crippen LogP contribution in [0, 0.1) is 5.82 Å². The number of hydrogen-bond donors (Lipinski definition) is 1. The molecule has 3 rings (SSSR count). The third-order valence-corrected chi connectivity index (χ3v) is 3.81.